The van der Waals surface area contributed by atoms with Crippen LogP contribution >= 0.6 is 12.2 Å². The van der Waals surface area contributed by atoms with Crippen LogP contribution in [-0.4, -0.2) is 9.55 Å². The van der Waals surface area contributed by atoms with E-state index in [0.717, 1.165) is 10.7 Å². The second kappa shape index (κ2) is 3.98. The number of nitrogens with one attached hydrogen (secondary N) is 1. The van der Waals surface area contributed by atoms with E-state index in [1.54, 1.807) is 0 Å². The van der Waals surface area contributed by atoms with Gasteiger partial charge in [-0.3, -0.25) is 0 Å². The number of fused-ring (bicyclic) bond motifs is 1. The Bertz CT molecular complexity index is 608. The summed E-state index contributed by atoms with van der Waals surface area (Å²) < 4.78 is 3.21. The number of H-pyrrole nitrogens is 1. The van der Waals surface area contributed by atoms with Gasteiger partial charge < -0.3 is 9.55 Å². The predicted molar refractivity (Wildman–Crippen MR) is 73.9 cm³/mol. The highest BCUT2D eigenvalue weighted by molar-refractivity contribution is 7.71. The van der Waals surface area contributed by atoms with Gasteiger partial charge in [0.25, 0.3) is 0 Å². The van der Waals surface area contributed by atoms with Gasteiger partial charge in [0.1, 0.15) is 0 Å². The average molecular weight is 246 g/mol. The first-order chi connectivity index (χ1) is 8.15. The third-order valence-corrected chi connectivity index (χ3v) is 4.20. The van der Waals surface area contributed by atoms with E-state index in [0.29, 0.717) is 6.04 Å². The summed E-state index contributed by atoms with van der Waals surface area (Å²) in [6.45, 7) is 4.45. The van der Waals surface area contributed by atoms with Gasteiger partial charge in [0.15, 0.2) is 4.77 Å². The van der Waals surface area contributed by atoms with Crippen LogP contribution in [0.2, 0.25) is 0 Å². The summed E-state index contributed by atoms with van der Waals surface area (Å²) in [5.74, 6) is 0.831. The van der Waals surface area contributed by atoms with Gasteiger partial charge in [-0.2, -0.15) is 0 Å². The quantitative estimate of drug-likeness (QED) is 0.741. The first kappa shape index (κ1) is 11.0. The predicted octanol–water partition coefficient (Wildman–Crippen LogP) is 4.37. The fourth-order valence-electron chi connectivity index (χ4n) is 3.02. The number of nitrogens with zero attached hydrogens (tertiary/aromatic N) is 1. The van der Waals surface area contributed by atoms with Gasteiger partial charge in [0.05, 0.1) is 11.0 Å². The summed E-state index contributed by atoms with van der Waals surface area (Å²) in [5.41, 5.74) is 3.72. The van der Waals surface area contributed by atoms with Crippen molar-refractivity contribution in [2.45, 2.75) is 39.2 Å². The first-order valence-electron chi connectivity index (χ1n) is 6.36. The van der Waals surface area contributed by atoms with Crippen molar-refractivity contribution in [3.8, 4) is 0 Å². The summed E-state index contributed by atoms with van der Waals surface area (Å²) in [4.78, 5) is 3.34. The minimum Gasteiger partial charge on any atom is -0.331 e. The Morgan fingerprint density at radius 3 is 2.88 bits per heavy atom. The Hall–Kier alpha value is -1.09. The Labute approximate surface area is 107 Å². The average Bonchev–Trinajstić information content (AvgIpc) is 2.80. The number of benzene rings is 1. The third-order valence-electron chi connectivity index (χ3n) is 3.90. The molecule has 1 fully saturated rings. The molecule has 0 saturated heterocycles. The molecule has 2 nitrogen and oxygen atoms in total. The molecule has 1 saturated carbocycles. The third kappa shape index (κ3) is 1.82. The normalized spacial score (nSPS) is 24.6. The number of hydrogen-bond acceptors (Lipinski definition) is 1. The van der Waals surface area contributed by atoms with Crippen LogP contribution in [0.25, 0.3) is 11.0 Å². The monoisotopic (exact) mass is 246 g/mol. The smallest absolute Gasteiger partial charge is 0.178 e. The van der Waals surface area contributed by atoms with Crippen molar-refractivity contribution in [3.63, 3.8) is 0 Å². The zero-order valence-corrected chi connectivity index (χ0v) is 11.2. The van der Waals surface area contributed by atoms with Gasteiger partial charge in [-0.15, -0.1) is 0 Å². The van der Waals surface area contributed by atoms with E-state index in [4.69, 9.17) is 12.2 Å². The van der Waals surface area contributed by atoms with E-state index in [9.17, 15) is 0 Å². The SMILES string of the molecule is Cc1ccc2c(c1)[nH]c(=S)n2C1CCC(C)C1. The molecule has 2 atom stereocenters. The van der Waals surface area contributed by atoms with Crippen molar-refractivity contribution in [3.05, 3.63) is 28.5 Å². The molecule has 3 heteroatoms. The number of aryl methyl sites for hydroxylation is 1. The van der Waals surface area contributed by atoms with Crippen LogP contribution in [0.5, 0.6) is 0 Å². The maximum atomic E-state index is 5.48. The van der Waals surface area contributed by atoms with Gasteiger partial charge in [0, 0.05) is 6.04 Å². The Balaban J connectivity index is 2.15. The fraction of sp³-hybridized carbons (Fsp3) is 0.500. The fourth-order valence-corrected chi connectivity index (χ4v) is 3.38. The molecule has 2 unspecified atom stereocenters. The lowest BCUT2D eigenvalue weighted by Gasteiger charge is -2.13. The molecule has 1 N–H and O–H groups in total. The highest BCUT2D eigenvalue weighted by Gasteiger charge is 2.24. The molecule has 0 amide bonds. The van der Waals surface area contributed by atoms with E-state index in [-0.39, 0.29) is 0 Å². The second-order valence-corrected chi connectivity index (χ2v) is 5.78. The minimum atomic E-state index is 0.592. The Kier molecular flexibility index (Phi) is 2.58. The summed E-state index contributed by atoms with van der Waals surface area (Å²) in [6.07, 6.45) is 3.84. The van der Waals surface area contributed by atoms with Crippen LogP contribution < -0.4 is 0 Å². The largest absolute Gasteiger partial charge is 0.331 e. The van der Waals surface area contributed by atoms with E-state index >= 15 is 0 Å². The Morgan fingerprint density at radius 1 is 1.35 bits per heavy atom. The summed E-state index contributed by atoms with van der Waals surface area (Å²) in [5, 5.41) is 0. The van der Waals surface area contributed by atoms with Crippen molar-refractivity contribution in [1.82, 2.24) is 9.55 Å². The molecular weight excluding hydrogens is 228 g/mol. The number of imidazole rings is 1. The molecule has 0 aliphatic heterocycles. The number of rotatable bonds is 1. The van der Waals surface area contributed by atoms with Crippen molar-refractivity contribution in [2.24, 2.45) is 5.92 Å². The van der Waals surface area contributed by atoms with E-state index in [1.807, 2.05) is 0 Å². The molecule has 17 heavy (non-hydrogen) atoms. The zero-order chi connectivity index (χ0) is 12.0. The molecule has 1 aliphatic rings. The van der Waals surface area contributed by atoms with Crippen LogP contribution in [0.4, 0.5) is 0 Å². The van der Waals surface area contributed by atoms with Crippen LogP contribution in [0, 0.1) is 17.6 Å². The number of aromatic nitrogens is 2. The van der Waals surface area contributed by atoms with Gasteiger partial charge in [-0.25, -0.2) is 0 Å². The van der Waals surface area contributed by atoms with Gasteiger partial charge in [-0.05, 0) is 62.0 Å². The molecule has 0 spiro atoms. The lowest BCUT2D eigenvalue weighted by molar-refractivity contribution is 0.500. The highest BCUT2D eigenvalue weighted by atomic mass is 32.1. The molecule has 90 valence electrons. The summed E-state index contributed by atoms with van der Waals surface area (Å²) in [6, 6.07) is 7.13. The van der Waals surface area contributed by atoms with Gasteiger partial charge in [0.2, 0.25) is 0 Å². The first-order valence-corrected chi connectivity index (χ1v) is 6.77. The van der Waals surface area contributed by atoms with Crippen LogP contribution in [0.1, 0.15) is 37.8 Å². The topological polar surface area (TPSA) is 20.7 Å². The Morgan fingerprint density at radius 2 is 2.18 bits per heavy atom. The molecule has 1 aliphatic carbocycles. The highest BCUT2D eigenvalue weighted by Crippen LogP contribution is 2.36. The standard InChI is InChI=1S/C14H18N2S/c1-9-3-5-11(7-9)16-13-6-4-10(2)8-12(13)15-14(16)17/h4,6,8-9,11H,3,5,7H2,1-2H3,(H,15,17). The van der Waals surface area contributed by atoms with Crippen LogP contribution in [0.3, 0.4) is 0 Å². The zero-order valence-electron chi connectivity index (χ0n) is 10.4. The molecule has 0 bridgehead atoms. The van der Waals surface area contributed by atoms with E-state index in [2.05, 4.69) is 41.6 Å². The van der Waals surface area contributed by atoms with Crippen LogP contribution in [-0.2, 0) is 0 Å². The number of hydrogen-bond donors (Lipinski definition) is 1. The molecule has 1 heterocycles. The lowest BCUT2D eigenvalue weighted by atomic mass is 10.1. The molecule has 2 aromatic rings. The summed E-state index contributed by atoms with van der Waals surface area (Å²) in [7, 11) is 0. The summed E-state index contributed by atoms with van der Waals surface area (Å²) >= 11 is 5.48. The molecular formula is C14H18N2S. The molecule has 1 aromatic carbocycles. The molecule has 1 aromatic heterocycles. The van der Waals surface area contributed by atoms with E-state index in [1.165, 1.54) is 35.9 Å². The van der Waals surface area contributed by atoms with Crippen molar-refractivity contribution in [1.29, 1.82) is 0 Å². The lowest BCUT2D eigenvalue weighted by Crippen LogP contribution is -2.05. The van der Waals surface area contributed by atoms with Crippen molar-refractivity contribution in [2.75, 3.05) is 0 Å². The van der Waals surface area contributed by atoms with Crippen molar-refractivity contribution >= 4 is 23.3 Å². The second-order valence-electron chi connectivity index (χ2n) is 5.39. The molecule has 0 radical (unpaired) electrons. The van der Waals surface area contributed by atoms with E-state index < -0.39 is 0 Å². The van der Waals surface area contributed by atoms with Crippen molar-refractivity contribution < 1.29 is 0 Å². The molecule has 3 rings (SSSR count). The van der Waals surface area contributed by atoms with Crippen LogP contribution in [0.15, 0.2) is 18.2 Å². The maximum Gasteiger partial charge on any atom is 0.178 e. The van der Waals surface area contributed by atoms with Gasteiger partial charge >= 0.3 is 0 Å². The maximum absolute atomic E-state index is 5.48. The minimum absolute atomic E-state index is 0.592. The van der Waals surface area contributed by atoms with Gasteiger partial charge in [-0.1, -0.05) is 13.0 Å². The number of aromatic amines is 1.